The van der Waals surface area contributed by atoms with E-state index in [1.807, 2.05) is 19.1 Å². The summed E-state index contributed by atoms with van der Waals surface area (Å²) in [7, 11) is 0. The Morgan fingerprint density at radius 2 is 1.85 bits per heavy atom. The first-order valence-corrected chi connectivity index (χ1v) is 7.10. The first kappa shape index (κ1) is 14.3. The van der Waals surface area contributed by atoms with E-state index in [0.717, 1.165) is 24.2 Å². The van der Waals surface area contributed by atoms with Crippen LogP contribution >= 0.6 is 0 Å². The summed E-state index contributed by atoms with van der Waals surface area (Å²) in [5.41, 5.74) is 8.01. The summed E-state index contributed by atoms with van der Waals surface area (Å²) in [6.45, 7) is 4.21. The van der Waals surface area contributed by atoms with Crippen molar-refractivity contribution in [1.29, 1.82) is 0 Å². The van der Waals surface area contributed by atoms with E-state index in [1.54, 1.807) is 0 Å². The number of hydrogen-bond donors (Lipinski definition) is 1. The summed E-state index contributed by atoms with van der Waals surface area (Å²) in [5, 5.41) is 0. The van der Waals surface area contributed by atoms with Crippen molar-refractivity contribution in [2.75, 3.05) is 5.73 Å². The van der Waals surface area contributed by atoms with E-state index in [1.165, 1.54) is 24.7 Å². The number of aryl methyl sites for hydroxylation is 1. The third-order valence-electron chi connectivity index (χ3n) is 3.25. The van der Waals surface area contributed by atoms with Gasteiger partial charge in [0, 0.05) is 0 Å². The number of aromatic nitrogens is 2. The molecule has 0 radical (unpaired) electrons. The van der Waals surface area contributed by atoms with Gasteiger partial charge in [0.2, 0.25) is 5.88 Å². The monoisotopic (exact) mass is 271 g/mol. The quantitative estimate of drug-likeness (QED) is 0.869. The third-order valence-corrected chi connectivity index (χ3v) is 3.25. The van der Waals surface area contributed by atoms with Gasteiger partial charge in [0.1, 0.15) is 17.9 Å². The van der Waals surface area contributed by atoms with Crippen LogP contribution in [0.3, 0.4) is 0 Å². The maximum atomic E-state index is 5.83. The fraction of sp³-hybridized carbons (Fsp3) is 0.375. The highest BCUT2D eigenvalue weighted by atomic mass is 16.5. The van der Waals surface area contributed by atoms with Gasteiger partial charge in [-0.1, -0.05) is 32.4 Å². The predicted octanol–water partition coefficient (Wildman–Crippen LogP) is 3.76. The summed E-state index contributed by atoms with van der Waals surface area (Å²) < 4.78 is 5.81. The Morgan fingerprint density at radius 1 is 1.10 bits per heavy atom. The first-order chi connectivity index (χ1) is 9.74. The van der Waals surface area contributed by atoms with Crippen molar-refractivity contribution in [3.63, 3.8) is 0 Å². The lowest BCUT2D eigenvalue weighted by Gasteiger charge is -2.10. The number of benzene rings is 1. The zero-order valence-electron chi connectivity index (χ0n) is 12.1. The van der Waals surface area contributed by atoms with Crippen molar-refractivity contribution in [3.8, 4) is 11.6 Å². The number of nitrogen functional groups attached to an aromatic ring is 1. The lowest BCUT2D eigenvalue weighted by Crippen LogP contribution is -2.01. The average Bonchev–Trinajstić information content (AvgIpc) is 2.47. The number of anilines is 1. The molecule has 20 heavy (non-hydrogen) atoms. The highest BCUT2D eigenvalue weighted by Crippen LogP contribution is 2.26. The summed E-state index contributed by atoms with van der Waals surface area (Å²) in [4.78, 5) is 8.15. The largest absolute Gasteiger partial charge is 0.439 e. The van der Waals surface area contributed by atoms with E-state index in [-0.39, 0.29) is 0 Å². The van der Waals surface area contributed by atoms with Gasteiger partial charge >= 0.3 is 0 Å². The lowest BCUT2D eigenvalue weighted by molar-refractivity contribution is 0.455. The number of nitrogens with two attached hydrogens (primary N) is 1. The summed E-state index contributed by atoms with van der Waals surface area (Å²) in [6, 6.07) is 8.15. The first-order valence-electron chi connectivity index (χ1n) is 7.10. The van der Waals surface area contributed by atoms with Crippen LogP contribution in [0.5, 0.6) is 11.6 Å². The van der Waals surface area contributed by atoms with Gasteiger partial charge in [0.05, 0.1) is 5.56 Å². The van der Waals surface area contributed by atoms with Crippen molar-refractivity contribution in [2.45, 2.75) is 39.5 Å². The normalized spacial score (nSPS) is 10.5. The Labute approximate surface area is 120 Å². The van der Waals surface area contributed by atoms with E-state index < -0.39 is 0 Å². The molecule has 1 heterocycles. The zero-order valence-corrected chi connectivity index (χ0v) is 12.1. The van der Waals surface area contributed by atoms with E-state index in [9.17, 15) is 0 Å². The lowest BCUT2D eigenvalue weighted by atomic mass is 10.1. The van der Waals surface area contributed by atoms with Crippen LogP contribution in [-0.4, -0.2) is 9.97 Å². The maximum absolute atomic E-state index is 5.83. The van der Waals surface area contributed by atoms with Crippen molar-refractivity contribution in [2.24, 2.45) is 0 Å². The fourth-order valence-corrected chi connectivity index (χ4v) is 2.05. The van der Waals surface area contributed by atoms with Crippen LogP contribution in [0.25, 0.3) is 0 Å². The number of hydrogen-bond acceptors (Lipinski definition) is 4. The molecule has 0 fully saturated rings. The van der Waals surface area contributed by atoms with Crippen LogP contribution in [0.1, 0.15) is 37.8 Å². The molecule has 2 aromatic rings. The van der Waals surface area contributed by atoms with E-state index in [0.29, 0.717) is 11.7 Å². The molecule has 0 saturated carbocycles. The van der Waals surface area contributed by atoms with Gasteiger partial charge < -0.3 is 10.5 Å². The van der Waals surface area contributed by atoms with Gasteiger partial charge in [-0.15, -0.1) is 0 Å². The molecule has 0 unspecified atom stereocenters. The average molecular weight is 271 g/mol. The Kier molecular flexibility index (Phi) is 4.93. The molecule has 0 spiro atoms. The minimum atomic E-state index is 0.483. The van der Waals surface area contributed by atoms with Gasteiger partial charge in [-0.2, -0.15) is 0 Å². The van der Waals surface area contributed by atoms with Crippen molar-refractivity contribution in [1.82, 2.24) is 9.97 Å². The minimum Gasteiger partial charge on any atom is -0.439 e. The van der Waals surface area contributed by atoms with Crippen molar-refractivity contribution in [3.05, 3.63) is 41.7 Å². The minimum absolute atomic E-state index is 0.483. The summed E-state index contributed by atoms with van der Waals surface area (Å²) in [6.07, 6.45) is 5.70. The summed E-state index contributed by atoms with van der Waals surface area (Å²) in [5.74, 6) is 1.80. The fourth-order valence-electron chi connectivity index (χ4n) is 2.05. The molecule has 0 atom stereocenters. The van der Waals surface area contributed by atoms with Crippen LogP contribution in [0.4, 0.5) is 5.82 Å². The van der Waals surface area contributed by atoms with Gasteiger partial charge in [-0.05, 0) is 37.0 Å². The van der Waals surface area contributed by atoms with Crippen LogP contribution < -0.4 is 10.5 Å². The zero-order chi connectivity index (χ0) is 14.4. The molecule has 1 aromatic carbocycles. The standard InChI is InChI=1S/C16H21N3O/c1-3-5-6-12-7-9-13(10-8-12)20-16-14(4-2)15(17)18-11-19-16/h7-11H,3-6H2,1-2H3,(H2,17,18,19). The second-order valence-corrected chi connectivity index (χ2v) is 4.75. The molecule has 4 heteroatoms. The van der Waals surface area contributed by atoms with Crippen LogP contribution in [0.15, 0.2) is 30.6 Å². The smallest absolute Gasteiger partial charge is 0.227 e. The molecule has 2 rings (SSSR count). The van der Waals surface area contributed by atoms with Crippen molar-refractivity contribution < 1.29 is 4.74 Å². The van der Waals surface area contributed by atoms with Crippen molar-refractivity contribution >= 4 is 5.82 Å². The molecule has 4 nitrogen and oxygen atoms in total. The van der Waals surface area contributed by atoms with Crippen LogP contribution in [0.2, 0.25) is 0 Å². The molecule has 0 aliphatic rings. The van der Waals surface area contributed by atoms with Gasteiger partial charge in [-0.25, -0.2) is 9.97 Å². The van der Waals surface area contributed by atoms with Gasteiger partial charge in [0.15, 0.2) is 0 Å². The van der Waals surface area contributed by atoms with E-state index in [4.69, 9.17) is 10.5 Å². The maximum Gasteiger partial charge on any atom is 0.227 e. The van der Waals surface area contributed by atoms with Crippen LogP contribution in [0, 0.1) is 0 Å². The second kappa shape index (κ2) is 6.89. The third kappa shape index (κ3) is 3.47. The molecule has 0 amide bonds. The van der Waals surface area contributed by atoms with Gasteiger partial charge in [-0.3, -0.25) is 0 Å². The molecule has 106 valence electrons. The van der Waals surface area contributed by atoms with E-state index in [2.05, 4.69) is 29.0 Å². The molecular weight excluding hydrogens is 250 g/mol. The Hall–Kier alpha value is -2.10. The molecule has 0 bridgehead atoms. The van der Waals surface area contributed by atoms with Crippen LogP contribution in [-0.2, 0) is 12.8 Å². The summed E-state index contributed by atoms with van der Waals surface area (Å²) >= 11 is 0. The Balaban J connectivity index is 2.12. The highest BCUT2D eigenvalue weighted by molar-refractivity contribution is 5.46. The molecule has 0 aliphatic heterocycles. The predicted molar refractivity (Wildman–Crippen MR) is 81.0 cm³/mol. The molecule has 0 aliphatic carbocycles. The Bertz CT molecular complexity index is 552. The number of ether oxygens (including phenoxy) is 1. The molecule has 1 aromatic heterocycles. The highest BCUT2D eigenvalue weighted by Gasteiger charge is 2.09. The molecule has 0 saturated heterocycles. The van der Waals surface area contributed by atoms with E-state index >= 15 is 0 Å². The number of nitrogens with zero attached hydrogens (tertiary/aromatic N) is 2. The molecule has 2 N–H and O–H groups in total. The SMILES string of the molecule is CCCCc1ccc(Oc2ncnc(N)c2CC)cc1. The van der Waals surface area contributed by atoms with Gasteiger partial charge in [0.25, 0.3) is 0 Å². The topological polar surface area (TPSA) is 61.0 Å². The molecular formula is C16H21N3O. The number of unbranched alkanes of at least 4 members (excludes halogenated alkanes) is 1. The second-order valence-electron chi connectivity index (χ2n) is 4.75. The Morgan fingerprint density at radius 3 is 2.50 bits per heavy atom. The number of rotatable bonds is 6.